The summed E-state index contributed by atoms with van der Waals surface area (Å²) in [6.07, 6.45) is 1.82. The van der Waals surface area contributed by atoms with Gasteiger partial charge in [0.1, 0.15) is 0 Å². The summed E-state index contributed by atoms with van der Waals surface area (Å²) in [6, 6.07) is 6.15. The van der Waals surface area contributed by atoms with Gasteiger partial charge >= 0.3 is 19.5 Å². The molecular weight excluding hydrogens is 198 g/mol. The van der Waals surface area contributed by atoms with Gasteiger partial charge < -0.3 is 7.43 Å². The SMILES string of the molecule is C=Cc1ccc(C)cc1[CH2-].[CH3-].[Zn+2]. The van der Waals surface area contributed by atoms with Gasteiger partial charge in [0.15, 0.2) is 0 Å². The summed E-state index contributed by atoms with van der Waals surface area (Å²) in [6.45, 7) is 9.62. The maximum Gasteiger partial charge on any atom is 2.00 e. The van der Waals surface area contributed by atoms with E-state index in [0.29, 0.717) is 0 Å². The molecule has 0 saturated heterocycles. The molecule has 0 amide bonds. The molecule has 12 heavy (non-hydrogen) atoms. The third-order valence-electron chi connectivity index (χ3n) is 1.52. The Morgan fingerprint density at radius 2 is 2.00 bits per heavy atom. The maximum atomic E-state index is 3.88. The van der Waals surface area contributed by atoms with Crippen molar-refractivity contribution in [2.24, 2.45) is 0 Å². The van der Waals surface area contributed by atoms with Crippen molar-refractivity contribution in [2.75, 3.05) is 0 Å². The molecule has 0 N–H and O–H groups in total. The minimum atomic E-state index is 0. The molecule has 60 valence electrons. The van der Waals surface area contributed by atoms with Gasteiger partial charge in [0.2, 0.25) is 0 Å². The molecule has 0 aliphatic rings. The van der Waals surface area contributed by atoms with Crippen LogP contribution in [0.1, 0.15) is 16.7 Å². The molecule has 0 aromatic heterocycles. The van der Waals surface area contributed by atoms with E-state index in [1.54, 1.807) is 0 Å². The van der Waals surface area contributed by atoms with Crippen LogP contribution in [0.2, 0.25) is 0 Å². The first-order valence-corrected chi connectivity index (χ1v) is 3.29. The molecule has 0 spiro atoms. The Morgan fingerprint density at radius 3 is 2.42 bits per heavy atom. The van der Waals surface area contributed by atoms with E-state index in [-0.39, 0.29) is 26.9 Å². The summed E-state index contributed by atoms with van der Waals surface area (Å²) in [5, 5.41) is 0. The standard InChI is InChI=1S/C10H11.CH3.Zn/c1-4-10-6-5-8(2)7-9(10)3;;/h4-7H,1,3H2,2H3;1H3;/q2*-1;+2. The minimum absolute atomic E-state index is 0. The van der Waals surface area contributed by atoms with Gasteiger partial charge in [0.25, 0.3) is 0 Å². The van der Waals surface area contributed by atoms with Crippen LogP contribution in [-0.2, 0) is 19.5 Å². The Morgan fingerprint density at radius 1 is 1.42 bits per heavy atom. The van der Waals surface area contributed by atoms with Crippen LogP contribution in [0.25, 0.3) is 6.08 Å². The summed E-state index contributed by atoms with van der Waals surface area (Å²) >= 11 is 0. The summed E-state index contributed by atoms with van der Waals surface area (Å²) in [4.78, 5) is 0. The van der Waals surface area contributed by atoms with Crippen molar-refractivity contribution in [3.63, 3.8) is 0 Å². The number of hydrogen-bond donors (Lipinski definition) is 0. The number of aryl methyl sites for hydroxylation is 1. The van der Waals surface area contributed by atoms with Crippen LogP contribution in [0.3, 0.4) is 0 Å². The molecule has 0 aliphatic heterocycles. The van der Waals surface area contributed by atoms with Crippen LogP contribution in [0, 0.1) is 21.3 Å². The molecule has 0 atom stereocenters. The van der Waals surface area contributed by atoms with Gasteiger partial charge in [0, 0.05) is 0 Å². The van der Waals surface area contributed by atoms with Crippen LogP contribution < -0.4 is 0 Å². The molecule has 1 rings (SSSR count). The van der Waals surface area contributed by atoms with Crippen molar-refractivity contribution in [3.8, 4) is 0 Å². The van der Waals surface area contributed by atoms with Gasteiger partial charge in [-0.05, 0) is 0 Å². The minimum Gasteiger partial charge on any atom is -0.358 e. The normalized spacial score (nSPS) is 7.75. The van der Waals surface area contributed by atoms with E-state index in [1.807, 2.05) is 12.1 Å². The summed E-state index contributed by atoms with van der Waals surface area (Å²) in [5.74, 6) is 0. The van der Waals surface area contributed by atoms with E-state index < -0.39 is 0 Å². The predicted octanol–water partition coefficient (Wildman–Crippen LogP) is 3.27. The van der Waals surface area contributed by atoms with E-state index in [1.165, 1.54) is 5.56 Å². The Hall–Kier alpha value is -0.547. The zero-order valence-corrected chi connectivity index (χ0v) is 10.9. The molecule has 1 heteroatoms. The van der Waals surface area contributed by atoms with Crippen LogP contribution >= 0.6 is 0 Å². The van der Waals surface area contributed by atoms with Gasteiger partial charge in [-0.1, -0.05) is 13.0 Å². The molecule has 0 nitrogen and oxygen atoms in total. The Bertz CT molecular complexity index is 251. The largest absolute Gasteiger partial charge is 2.00 e. The van der Waals surface area contributed by atoms with Gasteiger partial charge in [-0.25, -0.2) is 0 Å². The fourth-order valence-electron chi connectivity index (χ4n) is 0.934. The maximum absolute atomic E-state index is 3.88. The third-order valence-corrected chi connectivity index (χ3v) is 1.52. The van der Waals surface area contributed by atoms with Gasteiger partial charge in [-0.2, -0.15) is 18.6 Å². The van der Waals surface area contributed by atoms with Crippen molar-refractivity contribution in [2.45, 2.75) is 6.92 Å². The molecule has 1 aromatic carbocycles. The smallest absolute Gasteiger partial charge is 0.358 e. The van der Waals surface area contributed by atoms with E-state index in [4.69, 9.17) is 0 Å². The zero-order valence-electron chi connectivity index (χ0n) is 7.93. The molecule has 0 unspecified atom stereocenters. The Balaban J connectivity index is 0. The zero-order chi connectivity index (χ0) is 7.56. The average Bonchev–Trinajstić information content (AvgIpc) is 1.88. The van der Waals surface area contributed by atoms with Crippen molar-refractivity contribution in [3.05, 3.63) is 55.8 Å². The first kappa shape index (κ1) is 14.0. The van der Waals surface area contributed by atoms with Gasteiger partial charge in [0.05, 0.1) is 0 Å². The monoisotopic (exact) mass is 210 g/mol. The van der Waals surface area contributed by atoms with Crippen molar-refractivity contribution in [1.29, 1.82) is 0 Å². The average molecular weight is 212 g/mol. The van der Waals surface area contributed by atoms with Gasteiger partial charge in [-0.15, -0.1) is 29.8 Å². The number of benzene rings is 1. The van der Waals surface area contributed by atoms with Crippen LogP contribution in [0.5, 0.6) is 0 Å². The Labute approximate surface area is 88.5 Å². The second-order valence-corrected chi connectivity index (χ2v) is 2.41. The third kappa shape index (κ3) is 3.23. The van der Waals surface area contributed by atoms with Crippen LogP contribution in [0.15, 0.2) is 24.8 Å². The van der Waals surface area contributed by atoms with E-state index in [9.17, 15) is 0 Å². The number of hydrogen-bond acceptors (Lipinski definition) is 0. The fraction of sp³-hybridized carbons (Fsp3) is 0.0909. The van der Waals surface area contributed by atoms with E-state index in [2.05, 4.69) is 32.6 Å². The summed E-state index contributed by atoms with van der Waals surface area (Å²) in [5.41, 5.74) is 3.41. The molecule has 0 radical (unpaired) electrons. The fourth-order valence-corrected chi connectivity index (χ4v) is 0.934. The van der Waals surface area contributed by atoms with Crippen molar-refractivity contribution in [1.82, 2.24) is 0 Å². The summed E-state index contributed by atoms with van der Waals surface area (Å²) < 4.78 is 0. The number of rotatable bonds is 1. The molecule has 0 bridgehead atoms. The summed E-state index contributed by atoms with van der Waals surface area (Å²) in [7, 11) is 0. The molecular formula is C11H14Zn. The van der Waals surface area contributed by atoms with E-state index in [0.717, 1.165) is 11.1 Å². The molecule has 0 heterocycles. The second kappa shape index (κ2) is 6.02. The van der Waals surface area contributed by atoms with Crippen LogP contribution in [0.4, 0.5) is 0 Å². The van der Waals surface area contributed by atoms with Crippen LogP contribution in [-0.4, -0.2) is 0 Å². The quantitative estimate of drug-likeness (QED) is 0.494. The van der Waals surface area contributed by atoms with Crippen molar-refractivity contribution >= 4 is 6.08 Å². The van der Waals surface area contributed by atoms with Crippen molar-refractivity contribution < 1.29 is 19.5 Å². The van der Waals surface area contributed by atoms with Gasteiger partial charge in [-0.3, -0.25) is 0 Å². The van der Waals surface area contributed by atoms with E-state index >= 15 is 0 Å². The Kier molecular flexibility index (Phi) is 7.03. The molecule has 0 fully saturated rings. The molecule has 1 aromatic rings. The predicted molar refractivity (Wildman–Crippen MR) is 52.1 cm³/mol. The first-order chi connectivity index (χ1) is 4.74. The molecule has 0 aliphatic carbocycles. The topological polar surface area (TPSA) is 0 Å². The molecule has 0 saturated carbocycles. The first-order valence-electron chi connectivity index (χ1n) is 3.29. The second-order valence-electron chi connectivity index (χ2n) is 2.41.